The molecule has 1 fully saturated rings. The van der Waals surface area contributed by atoms with Gasteiger partial charge in [0.15, 0.2) is 0 Å². The second-order valence-corrected chi connectivity index (χ2v) is 5.40. The van der Waals surface area contributed by atoms with E-state index in [2.05, 4.69) is 15.9 Å². The molecule has 0 saturated carbocycles. The first-order valence-electron chi connectivity index (χ1n) is 6.10. The van der Waals surface area contributed by atoms with Gasteiger partial charge in [-0.1, -0.05) is 48.0 Å². The Kier molecular flexibility index (Phi) is 6.27. The number of carbonyl (C=O) groups excluding carboxylic acids is 1. The first-order valence-corrected chi connectivity index (χ1v) is 6.90. The van der Waals surface area contributed by atoms with Crippen molar-refractivity contribution in [2.45, 2.75) is 26.7 Å². The summed E-state index contributed by atoms with van der Waals surface area (Å²) in [6.07, 6.45) is 2.39. The van der Waals surface area contributed by atoms with E-state index < -0.39 is 0 Å². The number of likely N-dealkylation sites (tertiary alicyclic amines) is 1. The van der Waals surface area contributed by atoms with E-state index in [0.717, 1.165) is 17.6 Å². The van der Waals surface area contributed by atoms with Gasteiger partial charge in [-0.2, -0.15) is 0 Å². The molecule has 1 amide bonds. The van der Waals surface area contributed by atoms with Crippen LogP contribution in [-0.2, 0) is 4.79 Å². The lowest BCUT2D eigenvalue weighted by Gasteiger charge is -2.17. The van der Waals surface area contributed by atoms with E-state index in [0.29, 0.717) is 5.91 Å². The van der Waals surface area contributed by atoms with Crippen molar-refractivity contribution in [3.05, 3.63) is 34.8 Å². The van der Waals surface area contributed by atoms with Crippen molar-refractivity contribution in [2.24, 2.45) is 5.92 Å². The lowest BCUT2D eigenvalue weighted by molar-refractivity contribution is -0.133. The third-order valence-corrected chi connectivity index (χ3v) is 3.17. The summed E-state index contributed by atoms with van der Waals surface area (Å²) in [5.41, 5.74) is 0. The number of rotatable bonds is 1. The minimum atomic E-state index is 0.179. The quantitative estimate of drug-likeness (QED) is 0.774. The third-order valence-electron chi connectivity index (χ3n) is 2.64. The van der Waals surface area contributed by atoms with Crippen molar-refractivity contribution < 1.29 is 4.79 Å². The minimum absolute atomic E-state index is 0.179. The average molecular weight is 298 g/mol. The molecule has 1 heterocycles. The Labute approximate surface area is 112 Å². The van der Waals surface area contributed by atoms with Gasteiger partial charge < -0.3 is 4.90 Å². The second kappa shape index (κ2) is 7.49. The van der Waals surface area contributed by atoms with E-state index in [1.54, 1.807) is 0 Å². The summed E-state index contributed by atoms with van der Waals surface area (Å²) in [6.45, 7) is 5.88. The summed E-state index contributed by atoms with van der Waals surface area (Å²) in [6, 6.07) is 9.97. The first kappa shape index (κ1) is 14.2. The molecule has 1 saturated heterocycles. The number of halogens is 1. The van der Waals surface area contributed by atoms with Crippen LogP contribution in [0.1, 0.15) is 26.7 Å². The molecule has 0 radical (unpaired) electrons. The van der Waals surface area contributed by atoms with Crippen LogP contribution in [0.4, 0.5) is 0 Å². The molecule has 1 aromatic carbocycles. The van der Waals surface area contributed by atoms with Crippen molar-refractivity contribution in [1.82, 2.24) is 4.90 Å². The van der Waals surface area contributed by atoms with Crippen molar-refractivity contribution in [3.8, 4) is 0 Å². The Morgan fingerprint density at radius 3 is 2.06 bits per heavy atom. The zero-order chi connectivity index (χ0) is 12.7. The monoisotopic (exact) mass is 297 g/mol. The Hall–Kier alpha value is -0.830. The van der Waals surface area contributed by atoms with E-state index >= 15 is 0 Å². The number of nitrogens with zero attached hydrogens (tertiary/aromatic N) is 1. The van der Waals surface area contributed by atoms with Gasteiger partial charge in [-0.15, -0.1) is 0 Å². The number of hydrogen-bond acceptors (Lipinski definition) is 1. The minimum Gasteiger partial charge on any atom is -0.342 e. The van der Waals surface area contributed by atoms with E-state index in [-0.39, 0.29) is 5.92 Å². The maximum absolute atomic E-state index is 11.3. The fourth-order valence-corrected chi connectivity index (χ4v) is 2.02. The number of benzene rings is 1. The van der Waals surface area contributed by atoms with Crippen molar-refractivity contribution in [1.29, 1.82) is 0 Å². The van der Waals surface area contributed by atoms with Gasteiger partial charge in [0, 0.05) is 23.5 Å². The lowest BCUT2D eigenvalue weighted by Crippen LogP contribution is -2.31. The van der Waals surface area contributed by atoms with Crippen LogP contribution in [0.3, 0.4) is 0 Å². The molecule has 1 aliphatic heterocycles. The molecule has 3 heteroatoms. The van der Waals surface area contributed by atoms with Crippen molar-refractivity contribution in [2.75, 3.05) is 13.1 Å². The summed E-state index contributed by atoms with van der Waals surface area (Å²) in [4.78, 5) is 13.2. The van der Waals surface area contributed by atoms with Crippen LogP contribution in [0.25, 0.3) is 0 Å². The molecular formula is C14H20BrNO. The molecule has 1 aromatic rings. The van der Waals surface area contributed by atoms with E-state index in [4.69, 9.17) is 0 Å². The predicted octanol–water partition coefficient (Wildman–Crippen LogP) is 3.71. The molecule has 2 rings (SSSR count). The van der Waals surface area contributed by atoms with Crippen molar-refractivity contribution in [3.63, 3.8) is 0 Å². The zero-order valence-electron chi connectivity index (χ0n) is 10.5. The van der Waals surface area contributed by atoms with Crippen LogP contribution >= 0.6 is 15.9 Å². The molecule has 0 spiro atoms. The SMILES string of the molecule is Brc1ccccc1.CC(C)C(=O)N1CCCC1. The maximum Gasteiger partial charge on any atom is 0.225 e. The Bertz CT molecular complexity index is 331. The highest BCUT2D eigenvalue weighted by atomic mass is 79.9. The average Bonchev–Trinajstić information content (AvgIpc) is 2.83. The lowest BCUT2D eigenvalue weighted by atomic mass is 10.2. The molecule has 0 unspecified atom stereocenters. The highest BCUT2D eigenvalue weighted by Crippen LogP contribution is 2.10. The molecule has 1 aliphatic rings. The highest BCUT2D eigenvalue weighted by Gasteiger charge is 2.19. The van der Waals surface area contributed by atoms with Gasteiger partial charge in [0.1, 0.15) is 0 Å². The molecule has 0 aromatic heterocycles. The van der Waals surface area contributed by atoms with Gasteiger partial charge in [-0.3, -0.25) is 4.79 Å². The fraction of sp³-hybridized carbons (Fsp3) is 0.500. The summed E-state index contributed by atoms with van der Waals surface area (Å²) < 4.78 is 1.13. The molecule has 2 nitrogen and oxygen atoms in total. The van der Waals surface area contributed by atoms with Gasteiger partial charge >= 0.3 is 0 Å². The zero-order valence-corrected chi connectivity index (χ0v) is 12.1. The number of hydrogen-bond donors (Lipinski definition) is 0. The molecular weight excluding hydrogens is 278 g/mol. The third kappa shape index (κ3) is 5.35. The second-order valence-electron chi connectivity index (χ2n) is 4.48. The van der Waals surface area contributed by atoms with Gasteiger partial charge in [0.05, 0.1) is 0 Å². The van der Waals surface area contributed by atoms with Crippen LogP contribution in [0.2, 0.25) is 0 Å². The summed E-state index contributed by atoms with van der Waals surface area (Å²) >= 11 is 3.31. The van der Waals surface area contributed by atoms with Gasteiger partial charge in [0.25, 0.3) is 0 Å². The van der Waals surface area contributed by atoms with Crippen LogP contribution in [0.15, 0.2) is 34.8 Å². The van der Waals surface area contributed by atoms with Crippen LogP contribution < -0.4 is 0 Å². The van der Waals surface area contributed by atoms with Crippen LogP contribution in [0.5, 0.6) is 0 Å². The highest BCUT2D eigenvalue weighted by molar-refractivity contribution is 9.10. The van der Waals surface area contributed by atoms with Gasteiger partial charge in [-0.05, 0) is 25.0 Å². The first-order chi connectivity index (χ1) is 8.11. The van der Waals surface area contributed by atoms with Crippen molar-refractivity contribution >= 4 is 21.8 Å². The van der Waals surface area contributed by atoms with E-state index in [1.807, 2.05) is 49.1 Å². The topological polar surface area (TPSA) is 20.3 Å². The fourth-order valence-electron chi connectivity index (χ4n) is 1.72. The Balaban J connectivity index is 0.000000181. The number of carbonyl (C=O) groups is 1. The smallest absolute Gasteiger partial charge is 0.225 e. The normalized spacial score (nSPS) is 14.5. The van der Waals surface area contributed by atoms with E-state index in [1.165, 1.54) is 12.8 Å². The summed E-state index contributed by atoms with van der Waals surface area (Å²) in [7, 11) is 0. The largest absolute Gasteiger partial charge is 0.342 e. The molecule has 94 valence electrons. The molecule has 17 heavy (non-hydrogen) atoms. The summed E-state index contributed by atoms with van der Waals surface area (Å²) in [5.74, 6) is 0.496. The van der Waals surface area contributed by atoms with E-state index in [9.17, 15) is 4.79 Å². The molecule has 0 N–H and O–H groups in total. The maximum atomic E-state index is 11.3. The molecule has 0 atom stereocenters. The number of amides is 1. The Morgan fingerprint density at radius 1 is 1.18 bits per heavy atom. The Morgan fingerprint density at radius 2 is 1.71 bits per heavy atom. The van der Waals surface area contributed by atoms with Crippen LogP contribution in [0, 0.1) is 5.92 Å². The van der Waals surface area contributed by atoms with Crippen LogP contribution in [-0.4, -0.2) is 23.9 Å². The van der Waals surface area contributed by atoms with Gasteiger partial charge in [0.2, 0.25) is 5.91 Å². The van der Waals surface area contributed by atoms with Gasteiger partial charge in [-0.25, -0.2) is 0 Å². The molecule has 0 aliphatic carbocycles. The standard InChI is InChI=1S/C8H15NO.C6H5Br/c1-7(2)8(10)9-5-3-4-6-9;7-6-4-2-1-3-5-6/h7H,3-6H2,1-2H3;1-5H. The molecule has 0 bridgehead atoms. The summed E-state index contributed by atoms with van der Waals surface area (Å²) in [5, 5.41) is 0. The predicted molar refractivity (Wildman–Crippen MR) is 74.8 cm³/mol.